The molecule has 4 rings (SSSR count). The number of rotatable bonds is 11. The molecule has 0 bridgehead atoms. The number of aryl methyl sites for hydroxylation is 2. The van der Waals surface area contributed by atoms with Crippen molar-refractivity contribution in [3.8, 4) is 0 Å². The van der Waals surface area contributed by atoms with Crippen LogP contribution in [0.25, 0.3) is 0 Å². The van der Waals surface area contributed by atoms with Crippen molar-refractivity contribution in [2.45, 2.75) is 37.8 Å². The zero-order valence-corrected chi connectivity index (χ0v) is 27.3. The second-order valence-electron chi connectivity index (χ2n) is 10.2. The van der Waals surface area contributed by atoms with E-state index in [4.69, 9.17) is 11.6 Å². The van der Waals surface area contributed by atoms with Crippen molar-refractivity contribution in [2.24, 2.45) is 0 Å². The third-order valence-corrected chi connectivity index (χ3v) is 9.64. The highest BCUT2D eigenvalue weighted by atomic mass is 79.9. The van der Waals surface area contributed by atoms with Crippen LogP contribution in [0.2, 0.25) is 5.02 Å². The smallest absolute Gasteiger partial charge is 0.264 e. The van der Waals surface area contributed by atoms with Gasteiger partial charge in [-0.2, -0.15) is 0 Å². The van der Waals surface area contributed by atoms with Crippen LogP contribution in [0.15, 0.2) is 106 Å². The fraction of sp³-hybridized carbons (Fsp3) is 0.212. The molecule has 10 heteroatoms. The molecule has 0 spiro atoms. The Labute approximate surface area is 266 Å². The predicted octanol–water partition coefficient (Wildman–Crippen LogP) is 6.30. The van der Waals surface area contributed by atoms with Crippen molar-refractivity contribution < 1.29 is 18.0 Å². The van der Waals surface area contributed by atoms with E-state index in [1.165, 1.54) is 24.1 Å². The molecule has 0 aliphatic rings. The van der Waals surface area contributed by atoms with Gasteiger partial charge in [0.1, 0.15) is 12.6 Å². The molecule has 7 nitrogen and oxygen atoms in total. The van der Waals surface area contributed by atoms with Crippen molar-refractivity contribution in [1.82, 2.24) is 10.2 Å². The summed E-state index contributed by atoms with van der Waals surface area (Å²) in [5.41, 5.74) is 3.46. The number of sulfonamides is 1. The van der Waals surface area contributed by atoms with Gasteiger partial charge in [-0.25, -0.2) is 8.42 Å². The highest BCUT2D eigenvalue weighted by Crippen LogP contribution is 2.30. The van der Waals surface area contributed by atoms with Gasteiger partial charge in [0.2, 0.25) is 11.8 Å². The number of nitrogens with one attached hydrogen (secondary N) is 1. The molecule has 4 aromatic rings. The first kappa shape index (κ1) is 32.3. The van der Waals surface area contributed by atoms with E-state index in [-0.39, 0.29) is 23.8 Å². The van der Waals surface area contributed by atoms with Crippen molar-refractivity contribution in [3.63, 3.8) is 0 Å². The molecule has 43 heavy (non-hydrogen) atoms. The highest BCUT2D eigenvalue weighted by Gasteiger charge is 2.34. The number of nitrogens with zero attached hydrogens (tertiary/aromatic N) is 2. The Hall–Kier alpha value is -3.66. The van der Waals surface area contributed by atoms with Crippen molar-refractivity contribution in [1.29, 1.82) is 0 Å². The van der Waals surface area contributed by atoms with Gasteiger partial charge in [-0.15, -0.1) is 0 Å². The lowest BCUT2D eigenvalue weighted by molar-refractivity contribution is -0.139. The van der Waals surface area contributed by atoms with Gasteiger partial charge in [0.15, 0.2) is 0 Å². The van der Waals surface area contributed by atoms with E-state index in [1.807, 2.05) is 61.5 Å². The lowest BCUT2D eigenvalue weighted by atomic mass is 10.0. The first-order valence-electron chi connectivity index (χ1n) is 13.6. The van der Waals surface area contributed by atoms with E-state index in [9.17, 15) is 18.0 Å². The van der Waals surface area contributed by atoms with Crippen LogP contribution in [0.4, 0.5) is 5.69 Å². The SMILES string of the molecule is CNC(=O)[C@@H](Cc1ccccc1)N(Cc1ccc(Br)cc1)C(=O)CN(c1ccc(Cl)cc1C)S(=O)(=O)c1ccc(C)cc1. The second-order valence-corrected chi connectivity index (χ2v) is 13.4. The minimum Gasteiger partial charge on any atom is -0.357 e. The molecule has 0 fully saturated rings. The summed E-state index contributed by atoms with van der Waals surface area (Å²) >= 11 is 9.65. The number of amides is 2. The summed E-state index contributed by atoms with van der Waals surface area (Å²) in [7, 11) is -2.67. The summed E-state index contributed by atoms with van der Waals surface area (Å²) in [4.78, 5) is 29.2. The summed E-state index contributed by atoms with van der Waals surface area (Å²) in [5, 5.41) is 3.13. The van der Waals surface area contributed by atoms with Gasteiger partial charge >= 0.3 is 0 Å². The van der Waals surface area contributed by atoms with Crippen LogP contribution in [0.1, 0.15) is 22.3 Å². The van der Waals surface area contributed by atoms with E-state index in [1.54, 1.807) is 37.3 Å². The van der Waals surface area contributed by atoms with Crippen molar-refractivity contribution >= 4 is 55.1 Å². The molecule has 0 saturated heterocycles. The number of carbonyl (C=O) groups excluding carboxylic acids is 2. The Kier molecular flexibility index (Phi) is 10.7. The molecule has 0 unspecified atom stereocenters. The van der Waals surface area contributed by atoms with Gasteiger partial charge in [-0.1, -0.05) is 87.7 Å². The zero-order valence-electron chi connectivity index (χ0n) is 24.1. The van der Waals surface area contributed by atoms with Crippen LogP contribution >= 0.6 is 27.5 Å². The number of anilines is 1. The lowest BCUT2D eigenvalue weighted by Crippen LogP contribution is -2.53. The van der Waals surface area contributed by atoms with E-state index < -0.39 is 28.5 Å². The second kappa shape index (κ2) is 14.2. The molecule has 4 aromatic carbocycles. The van der Waals surface area contributed by atoms with E-state index in [0.717, 1.165) is 25.5 Å². The maximum atomic E-state index is 14.4. The van der Waals surface area contributed by atoms with Gasteiger partial charge in [0.25, 0.3) is 10.0 Å². The normalized spacial score (nSPS) is 11.9. The Morgan fingerprint density at radius 2 is 1.53 bits per heavy atom. The van der Waals surface area contributed by atoms with Gasteiger partial charge in [-0.3, -0.25) is 13.9 Å². The Bertz CT molecular complexity index is 1680. The average molecular weight is 683 g/mol. The van der Waals surface area contributed by atoms with E-state index >= 15 is 0 Å². The van der Waals surface area contributed by atoms with Gasteiger partial charge < -0.3 is 10.2 Å². The summed E-state index contributed by atoms with van der Waals surface area (Å²) < 4.78 is 30.2. The molecule has 0 heterocycles. The first-order chi connectivity index (χ1) is 20.5. The summed E-state index contributed by atoms with van der Waals surface area (Å²) in [6.07, 6.45) is 0.244. The molecule has 1 atom stereocenters. The quantitative estimate of drug-likeness (QED) is 0.201. The molecular weight excluding hydrogens is 650 g/mol. The fourth-order valence-corrected chi connectivity index (χ4v) is 6.73. The third kappa shape index (κ3) is 8.04. The molecule has 2 amide bonds. The van der Waals surface area contributed by atoms with Crippen LogP contribution in [-0.2, 0) is 32.6 Å². The van der Waals surface area contributed by atoms with Crippen LogP contribution in [0.3, 0.4) is 0 Å². The number of hydrogen-bond donors (Lipinski definition) is 1. The maximum absolute atomic E-state index is 14.4. The number of carbonyl (C=O) groups is 2. The minimum absolute atomic E-state index is 0.0480. The number of likely N-dealkylation sites (N-methyl/N-ethyl adjacent to an activating group) is 1. The molecule has 0 aromatic heterocycles. The van der Waals surface area contributed by atoms with Crippen LogP contribution < -0.4 is 9.62 Å². The van der Waals surface area contributed by atoms with E-state index in [0.29, 0.717) is 16.3 Å². The zero-order chi connectivity index (χ0) is 31.1. The third-order valence-electron chi connectivity index (χ3n) is 7.10. The Morgan fingerprint density at radius 1 is 0.884 bits per heavy atom. The number of benzene rings is 4. The maximum Gasteiger partial charge on any atom is 0.264 e. The highest BCUT2D eigenvalue weighted by molar-refractivity contribution is 9.10. The molecule has 0 aliphatic heterocycles. The summed E-state index contributed by atoms with van der Waals surface area (Å²) in [6, 6.07) is 27.2. The Morgan fingerprint density at radius 3 is 2.14 bits per heavy atom. The van der Waals surface area contributed by atoms with Crippen LogP contribution in [0, 0.1) is 13.8 Å². The number of halogens is 2. The Balaban J connectivity index is 1.81. The van der Waals surface area contributed by atoms with Gasteiger partial charge in [0.05, 0.1) is 10.6 Å². The largest absolute Gasteiger partial charge is 0.357 e. The fourth-order valence-electron chi connectivity index (χ4n) is 4.76. The van der Waals surface area contributed by atoms with E-state index in [2.05, 4.69) is 21.2 Å². The predicted molar refractivity (Wildman–Crippen MR) is 175 cm³/mol. The molecule has 0 saturated carbocycles. The standard InChI is InChI=1S/C33H33BrClN3O4S/c1-23-9-16-29(17-10-23)43(41,42)38(30-18-15-28(35)19-24(30)2)22-32(39)37(21-26-11-13-27(34)14-12-26)31(33(40)36-3)20-25-7-5-4-6-8-25/h4-19,31H,20-22H2,1-3H3,(H,36,40)/t31-/m1/s1. The average Bonchev–Trinajstić information content (AvgIpc) is 2.99. The van der Waals surface area contributed by atoms with Crippen molar-refractivity contribution in [2.75, 3.05) is 17.9 Å². The van der Waals surface area contributed by atoms with Crippen LogP contribution in [0.5, 0.6) is 0 Å². The number of hydrogen-bond acceptors (Lipinski definition) is 4. The van der Waals surface area contributed by atoms with Crippen LogP contribution in [-0.4, -0.2) is 44.8 Å². The van der Waals surface area contributed by atoms with Gasteiger partial charge in [0, 0.05) is 29.5 Å². The molecule has 0 radical (unpaired) electrons. The topological polar surface area (TPSA) is 86.8 Å². The first-order valence-corrected chi connectivity index (χ1v) is 16.3. The lowest BCUT2D eigenvalue weighted by Gasteiger charge is -2.34. The molecule has 1 N–H and O–H groups in total. The molecular formula is C33H33BrClN3O4S. The molecule has 224 valence electrons. The summed E-state index contributed by atoms with van der Waals surface area (Å²) in [5.74, 6) is -0.887. The minimum atomic E-state index is -4.19. The molecule has 0 aliphatic carbocycles. The monoisotopic (exact) mass is 681 g/mol. The summed E-state index contributed by atoms with van der Waals surface area (Å²) in [6.45, 7) is 3.17. The van der Waals surface area contributed by atoms with Crippen molar-refractivity contribution in [3.05, 3.63) is 129 Å². The van der Waals surface area contributed by atoms with Gasteiger partial charge in [-0.05, 0) is 73.0 Å².